The summed E-state index contributed by atoms with van der Waals surface area (Å²) in [5, 5.41) is 9.64. The van der Waals surface area contributed by atoms with Crippen LogP contribution in [0.25, 0.3) is 0 Å². The summed E-state index contributed by atoms with van der Waals surface area (Å²) in [6.07, 6.45) is 4.89. The van der Waals surface area contributed by atoms with E-state index in [4.69, 9.17) is 13.9 Å². The highest BCUT2D eigenvalue weighted by Crippen LogP contribution is 2.30. The van der Waals surface area contributed by atoms with Crippen LogP contribution in [0, 0.1) is 11.8 Å². The molecule has 1 N–H and O–H groups in total. The van der Waals surface area contributed by atoms with Crippen LogP contribution < -0.4 is 4.74 Å². The van der Waals surface area contributed by atoms with Crippen LogP contribution in [0.1, 0.15) is 59.4 Å². The Morgan fingerprint density at radius 1 is 0.968 bits per heavy atom. The van der Waals surface area contributed by atoms with Gasteiger partial charge in [-0.25, -0.2) is 0 Å². The second kappa shape index (κ2) is 14.8. The molecule has 31 heavy (non-hydrogen) atoms. The first kappa shape index (κ1) is 27.9. The minimum atomic E-state index is -1.70. The van der Waals surface area contributed by atoms with Gasteiger partial charge in [0.2, 0.25) is 0 Å². The molecule has 0 amide bonds. The third-order valence-corrected chi connectivity index (χ3v) is 11.5. The highest BCUT2D eigenvalue weighted by Gasteiger charge is 2.34. The van der Waals surface area contributed by atoms with E-state index in [0.29, 0.717) is 18.9 Å². The van der Waals surface area contributed by atoms with E-state index >= 15 is 0 Å². The molecule has 0 saturated heterocycles. The van der Waals surface area contributed by atoms with E-state index in [0.717, 1.165) is 42.3 Å². The number of methoxy groups -OCH3 is 1. The van der Waals surface area contributed by atoms with Crippen molar-refractivity contribution in [2.75, 3.05) is 13.7 Å². The molecule has 0 saturated carbocycles. The molecule has 1 aromatic rings. The van der Waals surface area contributed by atoms with Gasteiger partial charge in [-0.05, 0) is 66.9 Å². The fourth-order valence-electron chi connectivity index (χ4n) is 4.10. The fraction of sp³-hybridized carbons (Fsp3) is 0.692. The standard InChI is InChI=1S/C26H46O4Si/c1-8-21(5)25(29-20-23-13-15-24(28-7)16-14-23)17-12-22(6)26(18-19-27)30-31(9-2,10-3)11-4/h8,13-16,21-22,25-27H,1,9-12,17-20H2,2-7H3/t21-,22+,25-,26?/m0/s1. The van der Waals surface area contributed by atoms with Gasteiger partial charge in [0.05, 0.1) is 19.8 Å². The molecular formula is C26H46O4Si. The Morgan fingerprint density at radius 3 is 2.06 bits per heavy atom. The first-order valence-electron chi connectivity index (χ1n) is 12.0. The minimum Gasteiger partial charge on any atom is -0.497 e. The number of benzene rings is 1. The summed E-state index contributed by atoms with van der Waals surface area (Å²) in [7, 11) is -0.0245. The maximum absolute atomic E-state index is 9.64. The van der Waals surface area contributed by atoms with Gasteiger partial charge in [0.25, 0.3) is 0 Å². The van der Waals surface area contributed by atoms with Crippen LogP contribution >= 0.6 is 0 Å². The first-order chi connectivity index (χ1) is 14.9. The summed E-state index contributed by atoms with van der Waals surface area (Å²) in [6.45, 7) is 15.9. The normalized spacial score (nSPS) is 15.8. The van der Waals surface area contributed by atoms with Gasteiger partial charge in [-0.1, -0.05) is 52.8 Å². The van der Waals surface area contributed by atoms with Crippen molar-refractivity contribution in [3.8, 4) is 5.75 Å². The minimum absolute atomic E-state index is 0.113. The van der Waals surface area contributed by atoms with Gasteiger partial charge in [0.15, 0.2) is 8.32 Å². The Morgan fingerprint density at radius 2 is 1.58 bits per heavy atom. The molecule has 1 rings (SSSR count). The lowest BCUT2D eigenvalue weighted by Crippen LogP contribution is -2.42. The second-order valence-corrected chi connectivity index (χ2v) is 13.5. The summed E-state index contributed by atoms with van der Waals surface area (Å²) >= 11 is 0. The van der Waals surface area contributed by atoms with Gasteiger partial charge in [-0.3, -0.25) is 0 Å². The van der Waals surface area contributed by atoms with Gasteiger partial charge in [-0.2, -0.15) is 0 Å². The van der Waals surface area contributed by atoms with Crippen molar-refractivity contribution in [2.45, 2.75) is 90.8 Å². The SMILES string of the molecule is C=C[C@H](C)[C@H](CC[C@@H](C)C(CCO)O[Si](CC)(CC)CC)OCc1ccc(OC)cc1. The number of aliphatic hydroxyl groups is 1. The van der Waals surface area contributed by atoms with Gasteiger partial charge < -0.3 is 19.0 Å². The number of aliphatic hydroxyl groups excluding tert-OH is 1. The Labute approximate surface area is 192 Å². The Kier molecular flexibility index (Phi) is 13.3. The van der Waals surface area contributed by atoms with Crippen molar-refractivity contribution in [3.05, 3.63) is 42.5 Å². The lowest BCUT2D eigenvalue weighted by molar-refractivity contribution is 0.00327. The van der Waals surface area contributed by atoms with E-state index in [9.17, 15) is 5.11 Å². The quantitative estimate of drug-likeness (QED) is 0.215. The molecule has 0 aliphatic carbocycles. The van der Waals surface area contributed by atoms with Gasteiger partial charge in [-0.15, -0.1) is 6.58 Å². The van der Waals surface area contributed by atoms with Crippen LogP contribution in [0.4, 0.5) is 0 Å². The first-order valence-corrected chi connectivity index (χ1v) is 14.6. The molecule has 0 radical (unpaired) electrons. The van der Waals surface area contributed by atoms with E-state index in [1.165, 1.54) is 0 Å². The van der Waals surface area contributed by atoms with Crippen molar-refractivity contribution in [2.24, 2.45) is 11.8 Å². The Hall–Kier alpha value is -1.14. The van der Waals surface area contributed by atoms with E-state index in [1.807, 2.05) is 30.3 Å². The molecule has 0 bridgehead atoms. The Balaban J connectivity index is 2.74. The van der Waals surface area contributed by atoms with Gasteiger partial charge in [0.1, 0.15) is 5.75 Å². The van der Waals surface area contributed by atoms with Gasteiger partial charge in [0, 0.05) is 12.7 Å². The Bertz CT molecular complexity index is 592. The monoisotopic (exact) mass is 450 g/mol. The zero-order chi connectivity index (χ0) is 23.3. The molecular weight excluding hydrogens is 404 g/mol. The number of ether oxygens (including phenoxy) is 2. The summed E-state index contributed by atoms with van der Waals surface area (Å²) < 4.78 is 18.3. The van der Waals surface area contributed by atoms with E-state index < -0.39 is 8.32 Å². The van der Waals surface area contributed by atoms with Crippen molar-refractivity contribution in [1.82, 2.24) is 0 Å². The number of hydrogen-bond donors (Lipinski definition) is 1. The molecule has 0 spiro atoms. The van der Waals surface area contributed by atoms with Crippen LogP contribution in [0.5, 0.6) is 5.75 Å². The lowest BCUT2D eigenvalue weighted by Gasteiger charge is -2.36. The van der Waals surface area contributed by atoms with Crippen LogP contribution in [0.3, 0.4) is 0 Å². The molecule has 0 aliphatic heterocycles. The molecule has 0 aliphatic rings. The highest BCUT2D eigenvalue weighted by atomic mass is 28.4. The fourth-order valence-corrected chi connectivity index (χ4v) is 7.09. The predicted octanol–water partition coefficient (Wildman–Crippen LogP) is 6.59. The van der Waals surface area contributed by atoms with Gasteiger partial charge >= 0.3 is 0 Å². The number of rotatable bonds is 17. The molecule has 4 atom stereocenters. The predicted molar refractivity (Wildman–Crippen MR) is 133 cm³/mol. The number of hydrogen-bond acceptors (Lipinski definition) is 4. The summed E-state index contributed by atoms with van der Waals surface area (Å²) in [6, 6.07) is 11.4. The maximum atomic E-state index is 9.64. The molecule has 1 unspecified atom stereocenters. The second-order valence-electron chi connectivity index (χ2n) is 8.76. The largest absolute Gasteiger partial charge is 0.497 e. The van der Waals surface area contributed by atoms with Crippen molar-refractivity contribution < 1.29 is 19.0 Å². The summed E-state index contributed by atoms with van der Waals surface area (Å²) in [5.74, 6) is 1.51. The third kappa shape index (κ3) is 9.09. The smallest absolute Gasteiger partial charge is 0.192 e. The topological polar surface area (TPSA) is 47.9 Å². The molecule has 0 heterocycles. The third-order valence-electron chi connectivity index (χ3n) is 6.87. The van der Waals surface area contributed by atoms with E-state index in [2.05, 4.69) is 41.2 Å². The molecule has 0 aromatic heterocycles. The molecule has 5 heteroatoms. The average molecular weight is 451 g/mol. The van der Waals surface area contributed by atoms with Crippen molar-refractivity contribution in [1.29, 1.82) is 0 Å². The zero-order valence-electron chi connectivity index (χ0n) is 20.7. The molecule has 0 fully saturated rings. The van der Waals surface area contributed by atoms with E-state index in [1.54, 1.807) is 7.11 Å². The molecule has 1 aromatic carbocycles. The summed E-state index contributed by atoms with van der Waals surface area (Å²) in [4.78, 5) is 0. The maximum Gasteiger partial charge on any atom is 0.192 e. The average Bonchev–Trinajstić information content (AvgIpc) is 2.81. The van der Waals surface area contributed by atoms with Crippen molar-refractivity contribution in [3.63, 3.8) is 0 Å². The van der Waals surface area contributed by atoms with Crippen LogP contribution in [-0.4, -0.2) is 39.3 Å². The van der Waals surface area contributed by atoms with Crippen molar-refractivity contribution >= 4 is 8.32 Å². The highest BCUT2D eigenvalue weighted by molar-refractivity contribution is 6.73. The van der Waals surface area contributed by atoms with Crippen LogP contribution in [0.15, 0.2) is 36.9 Å². The van der Waals surface area contributed by atoms with Crippen LogP contribution in [-0.2, 0) is 15.8 Å². The molecule has 4 nitrogen and oxygen atoms in total. The van der Waals surface area contributed by atoms with E-state index in [-0.39, 0.29) is 24.7 Å². The lowest BCUT2D eigenvalue weighted by atomic mass is 9.91. The molecule has 178 valence electrons. The summed E-state index contributed by atoms with van der Waals surface area (Å²) in [5.41, 5.74) is 1.14. The zero-order valence-corrected chi connectivity index (χ0v) is 21.7. The van der Waals surface area contributed by atoms with Crippen LogP contribution in [0.2, 0.25) is 18.1 Å².